The Labute approximate surface area is 123 Å². The Morgan fingerprint density at radius 1 is 1.24 bits per heavy atom. The molecular formula is C17H15FN2O. The molecule has 0 spiro atoms. The monoisotopic (exact) mass is 282 g/mol. The minimum Gasteiger partial charge on any atom is -0.339 e. The van der Waals surface area contributed by atoms with Crippen LogP contribution >= 0.6 is 0 Å². The van der Waals surface area contributed by atoms with Crippen LogP contribution in [0.5, 0.6) is 0 Å². The van der Waals surface area contributed by atoms with E-state index >= 15 is 0 Å². The van der Waals surface area contributed by atoms with Gasteiger partial charge in [-0.25, -0.2) is 4.39 Å². The number of benzene rings is 2. The van der Waals surface area contributed by atoms with Crippen LogP contribution in [-0.2, 0) is 0 Å². The molecule has 0 aliphatic carbocycles. The van der Waals surface area contributed by atoms with Gasteiger partial charge >= 0.3 is 0 Å². The van der Waals surface area contributed by atoms with Crippen LogP contribution in [0.1, 0.15) is 29.8 Å². The van der Waals surface area contributed by atoms with Gasteiger partial charge in [0, 0.05) is 12.1 Å². The number of Topliss-reactive ketones (excluding diaryl/α,β-unsaturated/α-hetero) is 1. The quantitative estimate of drug-likeness (QED) is 0.794. The van der Waals surface area contributed by atoms with Gasteiger partial charge in [-0.3, -0.25) is 4.79 Å². The van der Waals surface area contributed by atoms with Crippen molar-refractivity contribution in [3.8, 4) is 6.07 Å². The Kier molecular flexibility index (Phi) is 4.34. The smallest absolute Gasteiger partial charge is 0.161 e. The lowest BCUT2D eigenvalue weighted by Crippen LogP contribution is -2.20. The van der Waals surface area contributed by atoms with Gasteiger partial charge in [0.1, 0.15) is 5.82 Å². The zero-order valence-corrected chi connectivity index (χ0v) is 11.9. The van der Waals surface area contributed by atoms with Crippen LogP contribution in [0.15, 0.2) is 42.5 Å². The van der Waals surface area contributed by atoms with Crippen molar-refractivity contribution in [1.82, 2.24) is 0 Å². The molecule has 2 aromatic carbocycles. The molecule has 21 heavy (non-hydrogen) atoms. The van der Waals surface area contributed by atoms with Crippen molar-refractivity contribution in [2.75, 3.05) is 11.4 Å². The van der Waals surface area contributed by atoms with Crippen LogP contribution in [0, 0.1) is 17.1 Å². The van der Waals surface area contributed by atoms with E-state index in [9.17, 15) is 9.18 Å². The molecule has 0 heterocycles. The largest absolute Gasteiger partial charge is 0.339 e. The highest BCUT2D eigenvalue weighted by Gasteiger charge is 2.17. The summed E-state index contributed by atoms with van der Waals surface area (Å²) in [5.41, 5.74) is 1.84. The van der Waals surface area contributed by atoms with Gasteiger partial charge in [-0.15, -0.1) is 0 Å². The lowest BCUT2D eigenvalue weighted by atomic mass is 10.0. The number of nitrogens with zero attached hydrogens (tertiary/aromatic N) is 2. The summed E-state index contributed by atoms with van der Waals surface area (Å²) in [6.07, 6.45) is 0. The van der Waals surface area contributed by atoms with Gasteiger partial charge < -0.3 is 4.90 Å². The van der Waals surface area contributed by atoms with Gasteiger partial charge in [-0.2, -0.15) is 5.26 Å². The van der Waals surface area contributed by atoms with Crippen molar-refractivity contribution >= 4 is 17.2 Å². The van der Waals surface area contributed by atoms with Crippen LogP contribution in [0.4, 0.5) is 15.8 Å². The topological polar surface area (TPSA) is 44.1 Å². The Hall–Kier alpha value is -2.67. The second-order valence-corrected chi connectivity index (χ2v) is 4.60. The summed E-state index contributed by atoms with van der Waals surface area (Å²) in [7, 11) is 0. The van der Waals surface area contributed by atoms with E-state index < -0.39 is 0 Å². The van der Waals surface area contributed by atoms with Crippen molar-refractivity contribution in [1.29, 1.82) is 5.26 Å². The van der Waals surface area contributed by atoms with Crippen molar-refractivity contribution in [2.45, 2.75) is 13.8 Å². The number of carbonyl (C=O) groups is 1. The summed E-state index contributed by atoms with van der Waals surface area (Å²) < 4.78 is 14.0. The van der Waals surface area contributed by atoms with E-state index in [1.54, 1.807) is 41.3 Å². The molecule has 0 aromatic heterocycles. The summed E-state index contributed by atoms with van der Waals surface area (Å²) >= 11 is 0. The van der Waals surface area contributed by atoms with Gasteiger partial charge in [0.05, 0.1) is 23.0 Å². The molecule has 2 rings (SSSR count). The summed E-state index contributed by atoms with van der Waals surface area (Å²) in [6, 6.07) is 13.3. The number of ketones is 1. The predicted octanol–water partition coefficient (Wildman–Crippen LogP) is 4.06. The molecule has 0 aliphatic rings. The molecule has 0 amide bonds. The van der Waals surface area contributed by atoms with Gasteiger partial charge in [0.15, 0.2) is 5.78 Å². The molecule has 106 valence electrons. The molecular weight excluding hydrogens is 267 g/mol. The number of nitriles is 1. The average Bonchev–Trinajstić information content (AvgIpc) is 2.49. The molecule has 0 fully saturated rings. The van der Waals surface area contributed by atoms with Gasteiger partial charge in [-0.05, 0) is 44.2 Å². The fourth-order valence-electron chi connectivity index (χ4n) is 2.26. The van der Waals surface area contributed by atoms with Crippen LogP contribution < -0.4 is 4.90 Å². The SMILES string of the molecule is CCN(c1ccccc1F)c1cc(C#N)ccc1C(C)=O. The second-order valence-electron chi connectivity index (χ2n) is 4.60. The molecule has 0 saturated carbocycles. The first-order valence-electron chi connectivity index (χ1n) is 6.65. The van der Waals surface area contributed by atoms with E-state index in [1.807, 2.05) is 13.0 Å². The fraction of sp³-hybridized carbons (Fsp3) is 0.176. The molecule has 0 radical (unpaired) electrons. The van der Waals surface area contributed by atoms with Crippen LogP contribution in [0.3, 0.4) is 0 Å². The van der Waals surface area contributed by atoms with Crippen molar-refractivity contribution in [3.05, 3.63) is 59.4 Å². The number of rotatable bonds is 4. The second kappa shape index (κ2) is 6.19. The van der Waals surface area contributed by atoms with E-state index in [0.29, 0.717) is 29.0 Å². The molecule has 0 N–H and O–H groups in total. The fourth-order valence-corrected chi connectivity index (χ4v) is 2.26. The highest BCUT2D eigenvalue weighted by molar-refractivity contribution is 6.00. The van der Waals surface area contributed by atoms with Crippen LogP contribution in [-0.4, -0.2) is 12.3 Å². The molecule has 4 heteroatoms. The van der Waals surface area contributed by atoms with E-state index in [-0.39, 0.29) is 11.6 Å². The maximum absolute atomic E-state index is 14.0. The van der Waals surface area contributed by atoms with Crippen molar-refractivity contribution in [2.24, 2.45) is 0 Å². The van der Waals surface area contributed by atoms with E-state index in [0.717, 1.165) is 0 Å². The number of anilines is 2. The maximum Gasteiger partial charge on any atom is 0.161 e. The zero-order chi connectivity index (χ0) is 15.4. The van der Waals surface area contributed by atoms with E-state index in [1.165, 1.54) is 13.0 Å². The lowest BCUT2D eigenvalue weighted by Gasteiger charge is -2.25. The number of carbonyl (C=O) groups excluding carboxylic acids is 1. The first-order valence-corrected chi connectivity index (χ1v) is 6.65. The summed E-state index contributed by atoms with van der Waals surface area (Å²) in [4.78, 5) is 13.5. The van der Waals surface area contributed by atoms with E-state index in [2.05, 4.69) is 0 Å². The van der Waals surface area contributed by atoms with Crippen molar-refractivity contribution in [3.63, 3.8) is 0 Å². The zero-order valence-electron chi connectivity index (χ0n) is 11.9. The Morgan fingerprint density at radius 2 is 1.95 bits per heavy atom. The van der Waals surface area contributed by atoms with Crippen LogP contribution in [0.2, 0.25) is 0 Å². The minimum absolute atomic E-state index is 0.121. The summed E-state index contributed by atoms with van der Waals surface area (Å²) in [6.45, 7) is 3.81. The average molecular weight is 282 g/mol. The minimum atomic E-state index is -0.365. The Morgan fingerprint density at radius 3 is 2.52 bits per heavy atom. The van der Waals surface area contributed by atoms with Gasteiger partial charge in [0.25, 0.3) is 0 Å². The predicted molar refractivity (Wildman–Crippen MR) is 80.2 cm³/mol. The summed E-state index contributed by atoms with van der Waals surface area (Å²) in [5, 5.41) is 9.04. The molecule has 0 aliphatic heterocycles. The first kappa shape index (κ1) is 14.7. The third-order valence-electron chi connectivity index (χ3n) is 3.26. The maximum atomic E-state index is 14.0. The molecule has 0 saturated heterocycles. The molecule has 0 atom stereocenters. The number of para-hydroxylation sites is 1. The van der Waals surface area contributed by atoms with Gasteiger partial charge in [-0.1, -0.05) is 12.1 Å². The Bertz CT molecular complexity index is 719. The van der Waals surface area contributed by atoms with Gasteiger partial charge in [0.2, 0.25) is 0 Å². The molecule has 2 aromatic rings. The molecule has 0 unspecified atom stereocenters. The lowest BCUT2D eigenvalue weighted by molar-refractivity contribution is 0.101. The number of hydrogen-bond donors (Lipinski definition) is 0. The molecule has 0 bridgehead atoms. The third kappa shape index (κ3) is 2.92. The third-order valence-corrected chi connectivity index (χ3v) is 3.26. The van der Waals surface area contributed by atoms with Crippen molar-refractivity contribution < 1.29 is 9.18 Å². The number of halogens is 1. The van der Waals surface area contributed by atoms with Crippen LogP contribution in [0.25, 0.3) is 0 Å². The first-order chi connectivity index (χ1) is 10.1. The summed E-state index contributed by atoms with van der Waals surface area (Å²) in [5.74, 6) is -0.486. The highest BCUT2D eigenvalue weighted by atomic mass is 19.1. The highest BCUT2D eigenvalue weighted by Crippen LogP contribution is 2.31. The number of hydrogen-bond acceptors (Lipinski definition) is 3. The normalized spacial score (nSPS) is 10.0. The standard InChI is InChI=1S/C17H15FN2O/c1-3-20(16-7-5-4-6-15(16)18)17-10-13(11-19)8-9-14(17)12(2)21/h4-10H,3H2,1-2H3. The Balaban J connectivity index is 2.64. The molecule has 3 nitrogen and oxygen atoms in total. The van der Waals surface area contributed by atoms with E-state index in [4.69, 9.17) is 5.26 Å².